The number of piperazine rings is 1. The fourth-order valence-corrected chi connectivity index (χ4v) is 3.40. The standard InChI is InChI=1S/C15H26N2/c1-4-12(2)17-11-15(16-10-13(17)3)14-8-6-5-7-9-14/h1,12-16H,5-11H2,2-3H3. The van der Waals surface area contributed by atoms with E-state index in [1.807, 2.05) is 0 Å². The van der Waals surface area contributed by atoms with Crippen LogP contribution in [0.3, 0.4) is 0 Å². The summed E-state index contributed by atoms with van der Waals surface area (Å²) in [7, 11) is 0. The molecule has 1 aliphatic heterocycles. The molecule has 0 aromatic rings. The van der Waals surface area contributed by atoms with Crippen molar-refractivity contribution >= 4 is 0 Å². The SMILES string of the molecule is C#CC(C)N1CC(C2CCCCC2)NCC1C. The van der Waals surface area contributed by atoms with Crippen molar-refractivity contribution in [3.63, 3.8) is 0 Å². The maximum absolute atomic E-state index is 5.58. The minimum Gasteiger partial charge on any atom is -0.311 e. The molecular weight excluding hydrogens is 208 g/mol. The molecule has 1 aliphatic carbocycles. The second kappa shape index (κ2) is 5.89. The van der Waals surface area contributed by atoms with Crippen LogP contribution in [0.25, 0.3) is 0 Å². The van der Waals surface area contributed by atoms with Crippen molar-refractivity contribution in [3.8, 4) is 12.3 Å². The molecule has 0 bridgehead atoms. The van der Waals surface area contributed by atoms with Gasteiger partial charge < -0.3 is 5.32 Å². The third kappa shape index (κ3) is 3.03. The summed E-state index contributed by atoms with van der Waals surface area (Å²) in [6, 6.07) is 1.52. The number of nitrogens with one attached hydrogen (secondary N) is 1. The quantitative estimate of drug-likeness (QED) is 0.737. The summed E-state index contributed by atoms with van der Waals surface area (Å²) in [5, 5.41) is 3.74. The van der Waals surface area contributed by atoms with Gasteiger partial charge in [-0.1, -0.05) is 25.2 Å². The highest BCUT2D eigenvalue weighted by Gasteiger charge is 2.32. The van der Waals surface area contributed by atoms with E-state index in [4.69, 9.17) is 6.42 Å². The Bertz CT molecular complexity index is 275. The van der Waals surface area contributed by atoms with Gasteiger partial charge in [0, 0.05) is 25.2 Å². The van der Waals surface area contributed by atoms with E-state index in [1.54, 1.807) is 0 Å². The number of hydrogen-bond donors (Lipinski definition) is 1. The Hall–Kier alpha value is -0.520. The molecule has 3 unspecified atom stereocenters. The van der Waals surface area contributed by atoms with E-state index in [9.17, 15) is 0 Å². The number of terminal acetylenes is 1. The van der Waals surface area contributed by atoms with Gasteiger partial charge in [-0.05, 0) is 32.6 Å². The van der Waals surface area contributed by atoms with E-state index in [0.29, 0.717) is 12.1 Å². The zero-order chi connectivity index (χ0) is 12.3. The maximum Gasteiger partial charge on any atom is 0.0686 e. The summed E-state index contributed by atoms with van der Waals surface area (Å²) in [5.41, 5.74) is 0. The van der Waals surface area contributed by atoms with Gasteiger partial charge in [-0.15, -0.1) is 6.42 Å². The van der Waals surface area contributed by atoms with Crippen LogP contribution in [0, 0.1) is 18.3 Å². The fourth-order valence-electron chi connectivity index (χ4n) is 3.40. The lowest BCUT2D eigenvalue weighted by atomic mass is 9.82. The van der Waals surface area contributed by atoms with Crippen molar-refractivity contribution in [2.24, 2.45) is 5.92 Å². The van der Waals surface area contributed by atoms with Gasteiger partial charge in [0.05, 0.1) is 6.04 Å². The second-order valence-electron chi connectivity index (χ2n) is 5.80. The smallest absolute Gasteiger partial charge is 0.0686 e. The van der Waals surface area contributed by atoms with E-state index < -0.39 is 0 Å². The molecule has 2 aliphatic rings. The Labute approximate surface area is 106 Å². The number of hydrogen-bond acceptors (Lipinski definition) is 2. The van der Waals surface area contributed by atoms with E-state index in [-0.39, 0.29) is 6.04 Å². The van der Waals surface area contributed by atoms with Gasteiger partial charge in [-0.3, -0.25) is 4.90 Å². The normalized spacial score (nSPS) is 34.2. The first kappa shape index (κ1) is 12.9. The van der Waals surface area contributed by atoms with Gasteiger partial charge in [0.15, 0.2) is 0 Å². The number of rotatable bonds is 2. The third-order valence-electron chi connectivity index (χ3n) is 4.61. The first-order valence-corrected chi connectivity index (χ1v) is 7.17. The molecule has 2 heteroatoms. The molecule has 96 valence electrons. The summed E-state index contributed by atoms with van der Waals surface area (Å²) in [4.78, 5) is 2.50. The lowest BCUT2D eigenvalue weighted by Crippen LogP contribution is -2.59. The van der Waals surface area contributed by atoms with Crippen LogP contribution >= 0.6 is 0 Å². The predicted molar refractivity (Wildman–Crippen MR) is 72.8 cm³/mol. The molecule has 1 heterocycles. The van der Waals surface area contributed by atoms with Crippen molar-refractivity contribution in [1.82, 2.24) is 10.2 Å². The van der Waals surface area contributed by atoms with Crippen molar-refractivity contribution in [1.29, 1.82) is 0 Å². The maximum atomic E-state index is 5.58. The first-order chi connectivity index (χ1) is 8.22. The van der Waals surface area contributed by atoms with Crippen LogP contribution in [0.2, 0.25) is 0 Å². The Morgan fingerprint density at radius 3 is 2.65 bits per heavy atom. The van der Waals surface area contributed by atoms with Gasteiger partial charge in [0.1, 0.15) is 0 Å². The summed E-state index contributed by atoms with van der Waals surface area (Å²) in [6.07, 6.45) is 12.7. The van der Waals surface area contributed by atoms with Crippen LogP contribution in [-0.2, 0) is 0 Å². The topological polar surface area (TPSA) is 15.3 Å². The van der Waals surface area contributed by atoms with E-state index >= 15 is 0 Å². The van der Waals surface area contributed by atoms with Crippen LogP contribution < -0.4 is 5.32 Å². The number of nitrogens with zero attached hydrogens (tertiary/aromatic N) is 1. The van der Waals surface area contributed by atoms with Crippen LogP contribution in [0.1, 0.15) is 46.0 Å². The Balaban J connectivity index is 1.94. The summed E-state index contributed by atoms with van der Waals surface area (Å²) in [6.45, 7) is 6.65. The molecule has 1 saturated carbocycles. The van der Waals surface area contributed by atoms with Crippen LogP contribution in [0.5, 0.6) is 0 Å². The lowest BCUT2D eigenvalue weighted by Gasteiger charge is -2.44. The zero-order valence-electron chi connectivity index (χ0n) is 11.3. The molecule has 0 aromatic heterocycles. The highest BCUT2D eigenvalue weighted by atomic mass is 15.2. The minimum atomic E-state index is 0.276. The van der Waals surface area contributed by atoms with Gasteiger partial charge in [0.2, 0.25) is 0 Å². The molecule has 2 rings (SSSR count). The molecule has 1 N–H and O–H groups in total. The Morgan fingerprint density at radius 1 is 1.29 bits per heavy atom. The largest absolute Gasteiger partial charge is 0.311 e. The predicted octanol–water partition coefficient (Wildman–Crippen LogP) is 2.25. The average Bonchev–Trinajstić information content (AvgIpc) is 2.39. The monoisotopic (exact) mass is 234 g/mol. The van der Waals surface area contributed by atoms with Crippen LogP contribution in [0.15, 0.2) is 0 Å². The van der Waals surface area contributed by atoms with Crippen LogP contribution in [0.4, 0.5) is 0 Å². The van der Waals surface area contributed by atoms with E-state index in [1.165, 1.54) is 32.1 Å². The van der Waals surface area contributed by atoms with Crippen molar-refractivity contribution in [2.45, 2.75) is 64.1 Å². The van der Waals surface area contributed by atoms with Crippen LogP contribution in [-0.4, -0.2) is 36.1 Å². The van der Waals surface area contributed by atoms with Crippen molar-refractivity contribution < 1.29 is 0 Å². The second-order valence-corrected chi connectivity index (χ2v) is 5.80. The highest BCUT2D eigenvalue weighted by molar-refractivity contribution is 5.01. The lowest BCUT2D eigenvalue weighted by molar-refractivity contribution is 0.0905. The van der Waals surface area contributed by atoms with Gasteiger partial charge in [0.25, 0.3) is 0 Å². The zero-order valence-corrected chi connectivity index (χ0v) is 11.3. The summed E-state index contributed by atoms with van der Waals surface area (Å²) < 4.78 is 0. The molecule has 0 radical (unpaired) electrons. The minimum absolute atomic E-state index is 0.276. The Kier molecular flexibility index (Phi) is 4.48. The van der Waals surface area contributed by atoms with Gasteiger partial charge >= 0.3 is 0 Å². The van der Waals surface area contributed by atoms with Crippen molar-refractivity contribution in [3.05, 3.63) is 0 Å². The molecule has 2 nitrogen and oxygen atoms in total. The van der Waals surface area contributed by atoms with Crippen molar-refractivity contribution in [2.75, 3.05) is 13.1 Å². The first-order valence-electron chi connectivity index (χ1n) is 7.17. The molecule has 2 fully saturated rings. The van der Waals surface area contributed by atoms with Gasteiger partial charge in [-0.2, -0.15) is 0 Å². The molecule has 3 atom stereocenters. The molecule has 17 heavy (non-hydrogen) atoms. The molecule has 1 saturated heterocycles. The Morgan fingerprint density at radius 2 is 2.00 bits per heavy atom. The third-order valence-corrected chi connectivity index (χ3v) is 4.61. The molecule has 0 spiro atoms. The molecule has 0 aromatic carbocycles. The molecule has 0 amide bonds. The molecular formula is C15H26N2. The van der Waals surface area contributed by atoms with Gasteiger partial charge in [-0.25, -0.2) is 0 Å². The fraction of sp³-hybridized carbons (Fsp3) is 0.867. The summed E-state index contributed by atoms with van der Waals surface area (Å²) >= 11 is 0. The van der Waals surface area contributed by atoms with E-state index in [2.05, 4.69) is 30.0 Å². The summed E-state index contributed by atoms with van der Waals surface area (Å²) in [5.74, 6) is 3.77. The highest BCUT2D eigenvalue weighted by Crippen LogP contribution is 2.28. The average molecular weight is 234 g/mol. The van der Waals surface area contributed by atoms with E-state index in [0.717, 1.165) is 19.0 Å².